The van der Waals surface area contributed by atoms with Gasteiger partial charge in [0, 0.05) is 20.3 Å². The van der Waals surface area contributed by atoms with Crippen molar-refractivity contribution in [1.82, 2.24) is 4.98 Å². The van der Waals surface area contributed by atoms with Crippen LogP contribution < -0.4 is 4.90 Å². The Hall–Kier alpha value is -2.61. The number of halogens is 3. The van der Waals surface area contributed by atoms with Crippen molar-refractivity contribution in [3.8, 4) is 11.1 Å². The lowest BCUT2D eigenvalue weighted by Gasteiger charge is -2.22. The van der Waals surface area contributed by atoms with E-state index in [1.807, 2.05) is 31.1 Å². The molecule has 2 aromatic rings. The summed E-state index contributed by atoms with van der Waals surface area (Å²) in [5.41, 5.74) is 2.34. The van der Waals surface area contributed by atoms with Gasteiger partial charge in [0.25, 0.3) is 0 Å². The van der Waals surface area contributed by atoms with Crippen LogP contribution in [-0.2, 0) is 4.84 Å². The largest absolute Gasteiger partial charge is 0.458 e. The summed E-state index contributed by atoms with van der Waals surface area (Å²) in [6.07, 6.45) is -3.95. The van der Waals surface area contributed by atoms with Crippen molar-refractivity contribution in [2.75, 3.05) is 19.0 Å². The summed E-state index contributed by atoms with van der Waals surface area (Å²) in [7, 11) is 3.77. The highest BCUT2D eigenvalue weighted by atomic mass is 19.4. The second kappa shape index (κ2) is 6.03. The lowest BCUT2D eigenvalue weighted by Crippen LogP contribution is -2.45. The topological polar surface area (TPSA) is 58.0 Å². The van der Waals surface area contributed by atoms with E-state index in [1.165, 1.54) is 0 Å². The molecule has 1 aromatic carbocycles. The van der Waals surface area contributed by atoms with E-state index in [0.717, 1.165) is 16.9 Å². The Balaban J connectivity index is 1.81. The third-order valence-electron chi connectivity index (χ3n) is 3.91. The summed E-state index contributed by atoms with van der Waals surface area (Å²) in [4.78, 5) is 10.3. The average Bonchev–Trinajstić information content (AvgIpc) is 2.99. The monoisotopic (exact) mass is 351 g/mol. The molecule has 1 N–H and O–H groups in total. The Morgan fingerprint density at radius 1 is 1.08 bits per heavy atom. The minimum Gasteiger partial charge on any atom is -0.363 e. The highest BCUT2D eigenvalue weighted by Gasteiger charge is 2.60. The standard InChI is InChI=1S/C17H16F3N3O2/c1-23(2)15-9-13(7-8-21-15)11-3-5-12(6-4-11)14-10-16(24,25-22-14)17(18,19)20/h3-9,24H,10H2,1-2H3. The molecule has 132 valence electrons. The lowest BCUT2D eigenvalue weighted by atomic mass is 9.99. The van der Waals surface area contributed by atoms with Crippen molar-refractivity contribution >= 4 is 11.5 Å². The fourth-order valence-electron chi connectivity index (χ4n) is 2.43. The molecule has 0 radical (unpaired) electrons. The zero-order valence-electron chi connectivity index (χ0n) is 13.6. The number of oxime groups is 1. The van der Waals surface area contributed by atoms with Crippen LogP contribution in [-0.4, -0.2) is 41.9 Å². The number of benzene rings is 1. The summed E-state index contributed by atoms with van der Waals surface area (Å²) in [6, 6.07) is 10.6. The van der Waals surface area contributed by atoms with Crippen molar-refractivity contribution in [3.05, 3.63) is 48.2 Å². The highest BCUT2D eigenvalue weighted by molar-refractivity contribution is 6.01. The molecule has 0 bridgehead atoms. The van der Waals surface area contributed by atoms with Crippen molar-refractivity contribution < 1.29 is 23.1 Å². The lowest BCUT2D eigenvalue weighted by molar-refractivity contribution is -0.355. The number of aliphatic hydroxyl groups is 1. The summed E-state index contributed by atoms with van der Waals surface area (Å²) >= 11 is 0. The van der Waals surface area contributed by atoms with Crippen molar-refractivity contribution in [1.29, 1.82) is 0 Å². The molecule has 0 aliphatic carbocycles. The van der Waals surface area contributed by atoms with Gasteiger partial charge in [-0.2, -0.15) is 13.2 Å². The Morgan fingerprint density at radius 3 is 2.28 bits per heavy atom. The van der Waals surface area contributed by atoms with Crippen LogP contribution in [0.3, 0.4) is 0 Å². The van der Waals surface area contributed by atoms with E-state index >= 15 is 0 Å². The van der Waals surface area contributed by atoms with E-state index in [9.17, 15) is 18.3 Å². The molecule has 0 saturated heterocycles. The zero-order chi connectivity index (χ0) is 18.2. The Morgan fingerprint density at radius 2 is 1.72 bits per heavy atom. The third-order valence-corrected chi connectivity index (χ3v) is 3.91. The molecular formula is C17H16F3N3O2. The smallest absolute Gasteiger partial charge is 0.363 e. The van der Waals surface area contributed by atoms with Crippen LogP contribution in [0, 0.1) is 0 Å². The fourth-order valence-corrected chi connectivity index (χ4v) is 2.43. The van der Waals surface area contributed by atoms with Gasteiger partial charge in [-0.1, -0.05) is 29.4 Å². The van der Waals surface area contributed by atoms with Crippen LogP contribution >= 0.6 is 0 Å². The number of pyridine rings is 1. The minimum atomic E-state index is -4.90. The predicted molar refractivity (Wildman–Crippen MR) is 87.2 cm³/mol. The molecule has 0 amide bonds. The number of hydrogen-bond acceptors (Lipinski definition) is 5. The quantitative estimate of drug-likeness (QED) is 0.923. The summed E-state index contributed by atoms with van der Waals surface area (Å²) in [5, 5.41) is 12.9. The Labute approximate surface area is 142 Å². The average molecular weight is 351 g/mol. The first kappa shape index (κ1) is 17.2. The zero-order valence-corrected chi connectivity index (χ0v) is 13.6. The normalized spacial score (nSPS) is 20.2. The maximum Gasteiger partial charge on any atom is 0.458 e. The van der Waals surface area contributed by atoms with Gasteiger partial charge in [-0.25, -0.2) is 4.98 Å². The highest BCUT2D eigenvalue weighted by Crippen LogP contribution is 2.39. The fraction of sp³-hybridized carbons (Fsp3) is 0.294. The SMILES string of the molecule is CN(C)c1cc(-c2ccc(C3=NOC(O)(C(F)(F)F)C3)cc2)ccn1. The number of aromatic nitrogens is 1. The van der Waals surface area contributed by atoms with Gasteiger partial charge in [-0.05, 0) is 28.8 Å². The van der Waals surface area contributed by atoms with Crippen LogP contribution in [0.2, 0.25) is 0 Å². The van der Waals surface area contributed by atoms with Crippen molar-refractivity contribution in [3.63, 3.8) is 0 Å². The summed E-state index contributed by atoms with van der Waals surface area (Å²) in [6.45, 7) is 0. The molecule has 0 fully saturated rings. The maximum absolute atomic E-state index is 12.8. The Bertz CT molecular complexity index is 804. The molecule has 0 spiro atoms. The van der Waals surface area contributed by atoms with Gasteiger partial charge < -0.3 is 14.8 Å². The molecule has 1 aliphatic rings. The van der Waals surface area contributed by atoms with Gasteiger partial charge in [-0.3, -0.25) is 0 Å². The minimum absolute atomic E-state index is 0.0510. The number of rotatable bonds is 3. The number of alkyl halides is 3. The van der Waals surface area contributed by atoms with Gasteiger partial charge in [-0.15, -0.1) is 0 Å². The van der Waals surface area contributed by atoms with E-state index in [1.54, 1.807) is 30.5 Å². The molecule has 1 atom stereocenters. The first-order valence-corrected chi connectivity index (χ1v) is 7.48. The van der Waals surface area contributed by atoms with Gasteiger partial charge >= 0.3 is 12.0 Å². The molecule has 25 heavy (non-hydrogen) atoms. The van der Waals surface area contributed by atoms with Crippen LogP contribution in [0.5, 0.6) is 0 Å². The van der Waals surface area contributed by atoms with Crippen LogP contribution in [0.1, 0.15) is 12.0 Å². The first-order valence-electron chi connectivity index (χ1n) is 7.48. The van der Waals surface area contributed by atoms with E-state index in [2.05, 4.69) is 15.0 Å². The number of nitrogens with zero attached hydrogens (tertiary/aromatic N) is 3. The molecule has 3 rings (SSSR count). The molecule has 0 saturated carbocycles. The second-order valence-electron chi connectivity index (χ2n) is 5.96. The van der Waals surface area contributed by atoms with Crippen LogP contribution in [0.15, 0.2) is 47.8 Å². The molecule has 1 aromatic heterocycles. The maximum atomic E-state index is 12.8. The second-order valence-corrected chi connectivity index (χ2v) is 5.96. The van der Waals surface area contributed by atoms with Crippen molar-refractivity contribution in [2.45, 2.75) is 18.4 Å². The Kier molecular flexibility index (Phi) is 4.16. The molecule has 2 heterocycles. The van der Waals surface area contributed by atoms with E-state index in [-0.39, 0.29) is 5.71 Å². The van der Waals surface area contributed by atoms with Gasteiger partial charge in [0.15, 0.2) is 0 Å². The van der Waals surface area contributed by atoms with Gasteiger partial charge in [0.1, 0.15) is 5.82 Å². The number of hydrogen-bond donors (Lipinski definition) is 1. The van der Waals surface area contributed by atoms with E-state index in [0.29, 0.717) is 5.56 Å². The van der Waals surface area contributed by atoms with Crippen LogP contribution in [0.4, 0.5) is 19.0 Å². The predicted octanol–water partition coefficient (Wildman–Crippen LogP) is 3.19. The van der Waals surface area contributed by atoms with Crippen LogP contribution in [0.25, 0.3) is 11.1 Å². The van der Waals surface area contributed by atoms with E-state index in [4.69, 9.17) is 0 Å². The van der Waals surface area contributed by atoms with Gasteiger partial charge in [0.05, 0.1) is 12.1 Å². The molecular weight excluding hydrogens is 335 g/mol. The molecule has 8 heteroatoms. The van der Waals surface area contributed by atoms with Crippen molar-refractivity contribution in [2.24, 2.45) is 5.16 Å². The van der Waals surface area contributed by atoms with Gasteiger partial charge in [0.2, 0.25) is 0 Å². The summed E-state index contributed by atoms with van der Waals surface area (Å²) in [5.74, 6) is -2.46. The number of anilines is 1. The molecule has 1 unspecified atom stereocenters. The molecule has 1 aliphatic heterocycles. The molecule has 5 nitrogen and oxygen atoms in total. The summed E-state index contributed by atoms with van der Waals surface area (Å²) < 4.78 is 38.3. The third kappa shape index (κ3) is 3.30. The first-order chi connectivity index (χ1) is 11.7. The van der Waals surface area contributed by atoms with E-state index < -0.39 is 18.4 Å².